The maximum atomic E-state index is 13.2. The largest absolute Gasteiger partial charge is 0.507 e. The quantitative estimate of drug-likeness (QED) is 0.380. The summed E-state index contributed by atoms with van der Waals surface area (Å²) in [6.45, 7) is 2.42. The van der Waals surface area contributed by atoms with Gasteiger partial charge < -0.3 is 14.7 Å². The van der Waals surface area contributed by atoms with Gasteiger partial charge in [0, 0.05) is 16.6 Å². The summed E-state index contributed by atoms with van der Waals surface area (Å²) in [5.41, 5.74) is 1.33. The van der Waals surface area contributed by atoms with Crippen LogP contribution in [0.4, 0.5) is 0 Å². The predicted molar refractivity (Wildman–Crippen MR) is 120 cm³/mol. The molecule has 0 aromatic heterocycles. The molecular formula is C25H26ClNO4. The first kappa shape index (κ1) is 21.4. The van der Waals surface area contributed by atoms with Crippen molar-refractivity contribution in [2.24, 2.45) is 0 Å². The molecule has 1 heterocycles. The van der Waals surface area contributed by atoms with E-state index in [-0.39, 0.29) is 17.4 Å². The van der Waals surface area contributed by atoms with Gasteiger partial charge in [-0.3, -0.25) is 9.59 Å². The smallest absolute Gasteiger partial charge is 0.295 e. The zero-order chi connectivity index (χ0) is 22.0. The molecule has 1 unspecified atom stereocenters. The van der Waals surface area contributed by atoms with Crippen molar-refractivity contribution in [3.05, 3.63) is 70.3 Å². The summed E-state index contributed by atoms with van der Waals surface area (Å²) in [6.07, 6.45) is 4.90. The number of likely N-dealkylation sites (tertiary alicyclic amines) is 1. The van der Waals surface area contributed by atoms with Gasteiger partial charge in [-0.05, 0) is 61.7 Å². The van der Waals surface area contributed by atoms with E-state index in [1.807, 2.05) is 31.2 Å². The third-order valence-corrected chi connectivity index (χ3v) is 6.30. The molecule has 162 valence electrons. The number of benzene rings is 2. The first-order chi connectivity index (χ1) is 15.0. The molecular weight excluding hydrogens is 414 g/mol. The summed E-state index contributed by atoms with van der Waals surface area (Å²) in [4.78, 5) is 28.0. The van der Waals surface area contributed by atoms with Gasteiger partial charge in [-0.1, -0.05) is 43.0 Å². The van der Waals surface area contributed by atoms with Gasteiger partial charge in [0.15, 0.2) is 0 Å². The molecule has 31 heavy (non-hydrogen) atoms. The van der Waals surface area contributed by atoms with Gasteiger partial charge >= 0.3 is 0 Å². The Bertz CT molecular complexity index is 1010. The lowest BCUT2D eigenvalue weighted by molar-refractivity contribution is -0.141. The number of carbonyl (C=O) groups is 2. The van der Waals surface area contributed by atoms with E-state index < -0.39 is 17.7 Å². The number of hydrogen-bond acceptors (Lipinski definition) is 4. The van der Waals surface area contributed by atoms with E-state index in [2.05, 4.69) is 0 Å². The highest BCUT2D eigenvalue weighted by Gasteiger charge is 2.48. The van der Waals surface area contributed by atoms with Crippen LogP contribution in [0.3, 0.4) is 0 Å². The Hall–Kier alpha value is -2.79. The van der Waals surface area contributed by atoms with Crippen molar-refractivity contribution in [1.82, 2.24) is 4.90 Å². The van der Waals surface area contributed by atoms with Gasteiger partial charge in [0.1, 0.15) is 11.5 Å². The van der Waals surface area contributed by atoms with Gasteiger partial charge in [-0.15, -0.1) is 0 Å². The Morgan fingerprint density at radius 2 is 1.81 bits per heavy atom. The Balaban J connectivity index is 1.86. The third kappa shape index (κ3) is 4.19. The molecule has 5 nitrogen and oxygen atoms in total. The van der Waals surface area contributed by atoms with E-state index in [0.717, 1.165) is 37.7 Å². The van der Waals surface area contributed by atoms with Crippen molar-refractivity contribution in [2.75, 3.05) is 6.61 Å². The minimum atomic E-state index is -0.654. The number of ketones is 1. The van der Waals surface area contributed by atoms with E-state index in [4.69, 9.17) is 16.3 Å². The van der Waals surface area contributed by atoms with E-state index in [0.29, 0.717) is 22.9 Å². The SMILES string of the molecule is CCOc1cccc(C2/C(=C(/O)c3ccc(Cl)cc3)C(=O)C(=O)N2C2CCCCC2)c1. The van der Waals surface area contributed by atoms with Gasteiger partial charge in [0.05, 0.1) is 18.2 Å². The Labute approximate surface area is 187 Å². The molecule has 2 aromatic carbocycles. The Morgan fingerprint density at radius 1 is 1.10 bits per heavy atom. The maximum Gasteiger partial charge on any atom is 0.295 e. The van der Waals surface area contributed by atoms with Crippen molar-refractivity contribution in [2.45, 2.75) is 51.1 Å². The van der Waals surface area contributed by atoms with Crippen LogP contribution in [0.25, 0.3) is 5.76 Å². The fourth-order valence-electron chi connectivity index (χ4n) is 4.62. The van der Waals surface area contributed by atoms with Crippen LogP contribution in [0.15, 0.2) is 54.1 Å². The van der Waals surface area contributed by atoms with Crippen LogP contribution in [-0.4, -0.2) is 34.3 Å². The molecule has 2 fully saturated rings. The predicted octanol–water partition coefficient (Wildman–Crippen LogP) is 5.49. The number of carbonyl (C=O) groups excluding carboxylic acids is 2. The number of amides is 1. The molecule has 1 saturated heterocycles. The summed E-state index contributed by atoms with van der Waals surface area (Å²) in [6, 6.07) is 13.4. The zero-order valence-corrected chi connectivity index (χ0v) is 18.3. The average Bonchev–Trinajstić information content (AvgIpc) is 3.05. The van der Waals surface area contributed by atoms with Crippen LogP contribution < -0.4 is 4.74 Å². The molecule has 1 aliphatic heterocycles. The van der Waals surface area contributed by atoms with Crippen LogP contribution >= 0.6 is 11.6 Å². The van der Waals surface area contributed by atoms with Gasteiger partial charge in [-0.25, -0.2) is 0 Å². The van der Waals surface area contributed by atoms with Crippen LogP contribution in [0.2, 0.25) is 5.02 Å². The van der Waals surface area contributed by atoms with Gasteiger partial charge in [0.25, 0.3) is 11.7 Å². The molecule has 1 N–H and O–H groups in total. The summed E-state index contributed by atoms with van der Waals surface area (Å²) >= 11 is 5.98. The minimum absolute atomic E-state index is 0.0264. The molecule has 6 heteroatoms. The second kappa shape index (κ2) is 9.15. The van der Waals surface area contributed by atoms with Gasteiger partial charge in [-0.2, -0.15) is 0 Å². The normalized spacial score (nSPS) is 21.5. The molecule has 0 bridgehead atoms. The monoisotopic (exact) mass is 439 g/mol. The van der Waals surface area contributed by atoms with Crippen molar-refractivity contribution >= 4 is 29.1 Å². The Morgan fingerprint density at radius 3 is 2.48 bits per heavy atom. The number of ether oxygens (including phenoxy) is 1. The second-order valence-corrected chi connectivity index (χ2v) is 8.45. The number of halogens is 1. The first-order valence-corrected chi connectivity index (χ1v) is 11.2. The molecule has 1 amide bonds. The highest BCUT2D eigenvalue weighted by atomic mass is 35.5. The molecule has 1 atom stereocenters. The molecule has 2 aromatic rings. The lowest BCUT2D eigenvalue weighted by Gasteiger charge is -2.35. The minimum Gasteiger partial charge on any atom is -0.507 e. The molecule has 1 aliphatic carbocycles. The van der Waals surface area contributed by atoms with Crippen LogP contribution in [0.5, 0.6) is 5.75 Å². The first-order valence-electron chi connectivity index (χ1n) is 10.8. The number of aliphatic hydroxyl groups excluding tert-OH is 1. The standard InChI is InChI=1S/C25H26ClNO4/c1-2-31-20-10-6-7-17(15-20)22-21(23(28)16-11-13-18(26)14-12-16)24(29)25(30)27(22)19-8-4-3-5-9-19/h6-7,10-15,19,22,28H,2-5,8-9H2,1H3/b23-21-. The summed E-state index contributed by atoms with van der Waals surface area (Å²) in [7, 11) is 0. The van der Waals surface area contributed by atoms with Crippen LogP contribution in [-0.2, 0) is 9.59 Å². The highest BCUT2D eigenvalue weighted by molar-refractivity contribution is 6.46. The molecule has 2 aliphatic rings. The zero-order valence-electron chi connectivity index (χ0n) is 17.5. The van der Waals surface area contributed by atoms with Crippen LogP contribution in [0.1, 0.15) is 56.2 Å². The van der Waals surface area contributed by atoms with Crippen molar-refractivity contribution in [3.63, 3.8) is 0 Å². The summed E-state index contributed by atoms with van der Waals surface area (Å²) in [5, 5.41) is 11.7. The van der Waals surface area contributed by atoms with Crippen molar-refractivity contribution in [1.29, 1.82) is 0 Å². The van der Waals surface area contributed by atoms with Gasteiger partial charge in [0.2, 0.25) is 0 Å². The number of Topliss-reactive ketones (excluding diaryl/α,β-unsaturated/α-hetero) is 1. The topological polar surface area (TPSA) is 66.8 Å². The molecule has 0 radical (unpaired) electrons. The van der Waals surface area contributed by atoms with E-state index in [9.17, 15) is 14.7 Å². The molecule has 1 saturated carbocycles. The summed E-state index contributed by atoms with van der Waals surface area (Å²) < 4.78 is 5.65. The highest BCUT2D eigenvalue weighted by Crippen LogP contribution is 2.43. The van der Waals surface area contributed by atoms with Crippen molar-refractivity contribution < 1.29 is 19.4 Å². The lowest BCUT2D eigenvalue weighted by Crippen LogP contribution is -2.40. The number of aliphatic hydroxyl groups is 1. The number of hydrogen-bond donors (Lipinski definition) is 1. The second-order valence-electron chi connectivity index (χ2n) is 8.01. The number of nitrogens with zero attached hydrogens (tertiary/aromatic N) is 1. The lowest BCUT2D eigenvalue weighted by atomic mass is 9.91. The van der Waals surface area contributed by atoms with Crippen molar-refractivity contribution in [3.8, 4) is 5.75 Å². The number of rotatable bonds is 5. The fraction of sp³-hybridized carbons (Fsp3) is 0.360. The van der Waals surface area contributed by atoms with E-state index >= 15 is 0 Å². The van der Waals surface area contributed by atoms with E-state index in [1.165, 1.54) is 0 Å². The average molecular weight is 440 g/mol. The summed E-state index contributed by atoms with van der Waals surface area (Å²) in [5.74, 6) is -0.708. The third-order valence-electron chi connectivity index (χ3n) is 6.05. The molecule has 4 rings (SSSR count). The van der Waals surface area contributed by atoms with E-state index in [1.54, 1.807) is 29.2 Å². The molecule has 0 spiro atoms. The Kier molecular flexibility index (Phi) is 6.33. The van der Waals surface area contributed by atoms with Crippen LogP contribution in [0, 0.1) is 0 Å². The maximum absolute atomic E-state index is 13.2. The fourth-order valence-corrected chi connectivity index (χ4v) is 4.74.